The molecule has 3 aromatic rings. The SMILES string of the molecule is C/C=C\C=C(/C)CC(NC(=O)CC)C(=O)NCC(=O)NC(Cc1c[nH]c2ccccc12)C(=O)c1nccs1.CCN. The number of nitrogens with one attached hydrogen (secondary N) is 4. The number of hydrogen-bond donors (Lipinski definition) is 5. The Balaban J connectivity index is 0.00000187. The summed E-state index contributed by atoms with van der Waals surface area (Å²) < 4.78 is 0. The number of amides is 3. The summed E-state index contributed by atoms with van der Waals surface area (Å²) in [5.74, 6) is -1.56. The van der Waals surface area contributed by atoms with Crippen LogP contribution in [0.3, 0.4) is 0 Å². The summed E-state index contributed by atoms with van der Waals surface area (Å²) in [7, 11) is 0. The number of fused-ring (bicyclic) bond motifs is 1. The molecule has 0 saturated carbocycles. The van der Waals surface area contributed by atoms with Crippen LogP contribution in [0.25, 0.3) is 10.9 Å². The first-order valence-corrected chi connectivity index (χ1v) is 14.4. The van der Waals surface area contributed by atoms with Crippen LogP contribution in [0.1, 0.15) is 55.9 Å². The van der Waals surface area contributed by atoms with Crippen LogP contribution in [-0.2, 0) is 20.8 Å². The molecule has 3 amide bonds. The van der Waals surface area contributed by atoms with Crippen molar-refractivity contribution in [3.63, 3.8) is 0 Å². The Morgan fingerprint density at radius 1 is 1.10 bits per heavy atom. The van der Waals surface area contributed by atoms with Crippen LogP contribution in [0.2, 0.25) is 0 Å². The lowest BCUT2D eigenvalue weighted by molar-refractivity contribution is -0.130. The molecule has 3 rings (SSSR count). The Morgan fingerprint density at radius 3 is 2.46 bits per heavy atom. The van der Waals surface area contributed by atoms with E-state index in [-0.39, 0.29) is 31.1 Å². The van der Waals surface area contributed by atoms with Crippen LogP contribution in [0.15, 0.2) is 65.8 Å². The number of hydrogen-bond acceptors (Lipinski definition) is 7. The van der Waals surface area contributed by atoms with E-state index >= 15 is 0 Å². The molecule has 0 fully saturated rings. The van der Waals surface area contributed by atoms with Gasteiger partial charge in [-0.15, -0.1) is 11.3 Å². The molecule has 1 aromatic carbocycles. The molecule has 41 heavy (non-hydrogen) atoms. The minimum absolute atomic E-state index is 0.232. The molecule has 0 spiro atoms. The number of nitrogens with two attached hydrogens (primary N) is 1. The van der Waals surface area contributed by atoms with Crippen LogP contribution >= 0.6 is 11.3 Å². The van der Waals surface area contributed by atoms with Crippen molar-refractivity contribution in [1.29, 1.82) is 0 Å². The van der Waals surface area contributed by atoms with E-state index < -0.39 is 23.9 Å². The second-order valence-electron chi connectivity index (χ2n) is 9.23. The first-order chi connectivity index (χ1) is 19.7. The Morgan fingerprint density at radius 2 is 1.80 bits per heavy atom. The van der Waals surface area contributed by atoms with Crippen molar-refractivity contribution < 1.29 is 19.2 Å². The molecule has 0 aliphatic rings. The molecule has 6 N–H and O–H groups in total. The molecule has 2 aromatic heterocycles. The van der Waals surface area contributed by atoms with Crippen LogP contribution in [0.4, 0.5) is 0 Å². The van der Waals surface area contributed by atoms with Gasteiger partial charge in [-0.3, -0.25) is 19.2 Å². The number of thiazole rings is 1. The predicted molar refractivity (Wildman–Crippen MR) is 164 cm³/mol. The fraction of sp³-hybridized carbons (Fsp3) is 0.367. The Labute approximate surface area is 244 Å². The smallest absolute Gasteiger partial charge is 0.243 e. The van der Waals surface area contributed by atoms with E-state index in [0.29, 0.717) is 11.4 Å². The van der Waals surface area contributed by atoms with Gasteiger partial charge in [0.25, 0.3) is 0 Å². The van der Waals surface area contributed by atoms with Gasteiger partial charge < -0.3 is 26.7 Å². The third-order valence-corrected chi connectivity index (χ3v) is 6.68. The van der Waals surface area contributed by atoms with Gasteiger partial charge in [-0.05, 0) is 38.4 Å². The van der Waals surface area contributed by atoms with E-state index in [9.17, 15) is 19.2 Å². The van der Waals surface area contributed by atoms with Crippen molar-refractivity contribution >= 4 is 45.7 Å². The zero-order chi connectivity index (χ0) is 30.2. The number of Topliss-reactive ketones (excluding diaryl/α,β-unsaturated/α-hetero) is 1. The monoisotopic (exact) mass is 580 g/mol. The second kappa shape index (κ2) is 17.6. The summed E-state index contributed by atoms with van der Waals surface area (Å²) in [5, 5.41) is 11.0. The number of H-pyrrole nitrogens is 1. The maximum absolute atomic E-state index is 13.2. The third-order valence-electron chi connectivity index (χ3n) is 5.89. The topological polar surface area (TPSA) is 159 Å². The maximum Gasteiger partial charge on any atom is 0.243 e. The fourth-order valence-corrected chi connectivity index (χ4v) is 4.55. The van der Waals surface area contributed by atoms with Crippen LogP contribution in [-0.4, -0.2) is 58.6 Å². The lowest BCUT2D eigenvalue weighted by atomic mass is 10.0. The summed E-state index contributed by atoms with van der Waals surface area (Å²) >= 11 is 1.20. The van der Waals surface area contributed by atoms with E-state index in [4.69, 9.17) is 5.73 Å². The molecule has 0 saturated heterocycles. The first-order valence-electron chi connectivity index (χ1n) is 13.6. The fourth-order valence-electron chi connectivity index (χ4n) is 3.92. The standard InChI is InChI=1S/C28H33N5O4S.C2H7N/c1-4-6-9-18(3)14-23(33-24(34)5-2)27(37)31-17-25(35)32-22(26(36)28-29-12-13-38-28)15-19-16-30-21-11-8-7-10-20(19)21;1-2-3/h4,6-13,16,22-23,30H,5,14-15,17H2,1-3H3,(H,31,37)(H,32,35)(H,33,34);2-3H2,1H3/b6-4-,18-9+;. The van der Waals surface area contributed by atoms with Gasteiger partial charge in [0.2, 0.25) is 23.5 Å². The van der Waals surface area contributed by atoms with Crippen molar-refractivity contribution in [2.45, 2.75) is 59.0 Å². The van der Waals surface area contributed by atoms with Gasteiger partial charge >= 0.3 is 0 Å². The van der Waals surface area contributed by atoms with Crippen molar-refractivity contribution in [1.82, 2.24) is 25.9 Å². The zero-order valence-electron chi connectivity index (χ0n) is 24.0. The molecule has 0 bridgehead atoms. The number of rotatable bonds is 13. The molecule has 10 nitrogen and oxygen atoms in total. The molecule has 2 unspecified atom stereocenters. The highest BCUT2D eigenvalue weighted by Gasteiger charge is 2.26. The zero-order valence-corrected chi connectivity index (χ0v) is 24.8. The summed E-state index contributed by atoms with van der Waals surface area (Å²) in [6.07, 6.45) is 9.74. The molecule has 0 aliphatic heterocycles. The first kappa shape index (κ1) is 33.1. The summed E-state index contributed by atoms with van der Waals surface area (Å²) in [6, 6.07) is 6.02. The number of allylic oxidation sites excluding steroid dienone is 3. The number of carbonyl (C=O) groups excluding carboxylic acids is 4. The minimum atomic E-state index is -0.869. The van der Waals surface area contributed by atoms with Gasteiger partial charge in [0.15, 0.2) is 5.01 Å². The van der Waals surface area contributed by atoms with Crippen molar-refractivity contribution in [3.05, 3.63) is 76.4 Å². The van der Waals surface area contributed by atoms with Crippen molar-refractivity contribution in [2.75, 3.05) is 13.1 Å². The van der Waals surface area contributed by atoms with Crippen LogP contribution in [0, 0.1) is 0 Å². The summed E-state index contributed by atoms with van der Waals surface area (Å²) in [6.45, 7) is 7.76. The molecule has 2 heterocycles. The summed E-state index contributed by atoms with van der Waals surface area (Å²) in [4.78, 5) is 58.2. The van der Waals surface area contributed by atoms with Gasteiger partial charge in [-0.1, -0.05) is 55.8 Å². The number of benzene rings is 1. The number of aromatic nitrogens is 2. The molecular formula is C30H40N6O4S. The average molecular weight is 581 g/mol. The highest BCUT2D eigenvalue weighted by Crippen LogP contribution is 2.20. The Kier molecular flexibility index (Phi) is 14.2. The number of para-hydroxylation sites is 1. The number of nitrogens with zero attached hydrogens (tertiary/aromatic N) is 1. The number of carbonyl (C=O) groups is 4. The van der Waals surface area contributed by atoms with E-state index in [0.717, 1.165) is 28.6 Å². The Bertz CT molecular complexity index is 1350. The highest BCUT2D eigenvalue weighted by atomic mass is 32.1. The van der Waals surface area contributed by atoms with Gasteiger partial charge in [0, 0.05) is 41.5 Å². The summed E-state index contributed by atoms with van der Waals surface area (Å²) in [5.41, 5.74) is 7.56. The molecule has 0 radical (unpaired) electrons. The van der Waals surface area contributed by atoms with E-state index in [1.165, 1.54) is 11.3 Å². The quantitative estimate of drug-likeness (QED) is 0.154. The molecule has 0 aliphatic carbocycles. The predicted octanol–water partition coefficient (Wildman–Crippen LogP) is 3.42. The highest BCUT2D eigenvalue weighted by molar-refractivity contribution is 7.11. The van der Waals surface area contributed by atoms with Crippen molar-refractivity contribution in [2.24, 2.45) is 5.73 Å². The van der Waals surface area contributed by atoms with E-state index in [1.807, 2.05) is 69.5 Å². The second-order valence-corrected chi connectivity index (χ2v) is 10.1. The lowest BCUT2D eigenvalue weighted by Crippen LogP contribution is -2.51. The van der Waals surface area contributed by atoms with Crippen LogP contribution < -0.4 is 21.7 Å². The maximum atomic E-state index is 13.2. The van der Waals surface area contributed by atoms with Crippen molar-refractivity contribution in [3.8, 4) is 0 Å². The Hall–Kier alpha value is -4.09. The van der Waals surface area contributed by atoms with E-state index in [1.54, 1.807) is 18.5 Å². The largest absolute Gasteiger partial charge is 0.361 e. The minimum Gasteiger partial charge on any atom is -0.361 e. The molecule has 11 heteroatoms. The van der Waals surface area contributed by atoms with Gasteiger partial charge in [0.05, 0.1) is 12.6 Å². The van der Waals surface area contributed by atoms with Gasteiger partial charge in [-0.2, -0.15) is 0 Å². The number of aromatic amines is 1. The molecular weight excluding hydrogens is 540 g/mol. The van der Waals surface area contributed by atoms with Crippen LogP contribution in [0.5, 0.6) is 0 Å². The van der Waals surface area contributed by atoms with Gasteiger partial charge in [-0.25, -0.2) is 4.98 Å². The molecule has 220 valence electrons. The molecule has 2 atom stereocenters. The average Bonchev–Trinajstić information content (AvgIpc) is 3.65. The third kappa shape index (κ3) is 10.8. The lowest BCUT2D eigenvalue weighted by Gasteiger charge is -2.20. The normalized spacial score (nSPS) is 12.8. The van der Waals surface area contributed by atoms with E-state index in [2.05, 4.69) is 25.9 Å². The van der Waals surface area contributed by atoms with Gasteiger partial charge in [0.1, 0.15) is 6.04 Å². The number of ketones is 1.